The second kappa shape index (κ2) is 9.43. The maximum absolute atomic E-state index is 12.9. The lowest BCUT2D eigenvalue weighted by Crippen LogP contribution is -3.28. The molecule has 7 heteroatoms. The van der Waals surface area contributed by atoms with Gasteiger partial charge in [0.25, 0.3) is 5.91 Å². The van der Waals surface area contributed by atoms with E-state index in [9.17, 15) is 13.6 Å². The number of quaternary nitrogens is 2. The van der Waals surface area contributed by atoms with E-state index in [-0.39, 0.29) is 17.5 Å². The number of rotatable bonds is 7. The van der Waals surface area contributed by atoms with Crippen LogP contribution in [0.4, 0.5) is 14.5 Å². The van der Waals surface area contributed by atoms with Gasteiger partial charge in [0.1, 0.15) is 56.7 Å². The summed E-state index contributed by atoms with van der Waals surface area (Å²) in [5.41, 5.74) is 0.614. The summed E-state index contributed by atoms with van der Waals surface area (Å²) in [5, 5.41) is 2.80. The Morgan fingerprint density at radius 3 is 2.07 bits per heavy atom. The minimum absolute atomic E-state index is 0.0558. The Morgan fingerprint density at radius 1 is 0.889 bits per heavy atom. The number of halogens is 2. The largest absolute Gasteiger partial charge is 0.488 e. The SMILES string of the molecule is O=C(C[NH+]1CC[NH+](CCOc2ccc(F)cc2)CC1)Nc1ccc(F)cc1. The standard InChI is InChI=1S/C20H23F2N3O2/c21-16-1-5-18(6-2-16)23-20(26)15-25-11-9-24(10-12-25)13-14-27-19-7-3-17(22)4-8-19/h1-8H,9-15H2,(H,23,26)/p+2. The van der Waals surface area contributed by atoms with E-state index in [0.717, 1.165) is 32.7 Å². The van der Waals surface area contributed by atoms with Gasteiger partial charge in [-0.25, -0.2) is 8.78 Å². The van der Waals surface area contributed by atoms with Crippen LogP contribution in [0.5, 0.6) is 5.75 Å². The number of benzene rings is 2. The summed E-state index contributed by atoms with van der Waals surface area (Å²) >= 11 is 0. The molecule has 1 saturated heterocycles. The number of ether oxygens (including phenoxy) is 1. The zero-order valence-corrected chi connectivity index (χ0v) is 15.1. The Labute approximate surface area is 157 Å². The van der Waals surface area contributed by atoms with Crippen LogP contribution in [0.3, 0.4) is 0 Å². The third kappa shape index (κ3) is 6.30. The summed E-state index contributed by atoms with van der Waals surface area (Å²) in [5.74, 6) is 0.0360. The quantitative estimate of drug-likeness (QED) is 0.624. The number of hydrogen-bond acceptors (Lipinski definition) is 2. The second-order valence-corrected chi connectivity index (χ2v) is 6.78. The van der Waals surface area contributed by atoms with Gasteiger partial charge in [0.2, 0.25) is 0 Å². The van der Waals surface area contributed by atoms with Gasteiger partial charge in [0.15, 0.2) is 6.54 Å². The number of piperazine rings is 1. The topological polar surface area (TPSA) is 47.2 Å². The van der Waals surface area contributed by atoms with Gasteiger partial charge < -0.3 is 19.9 Å². The highest BCUT2D eigenvalue weighted by atomic mass is 19.1. The van der Waals surface area contributed by atoms with Crippen LogP contribution in [-0.4, -0.2) is 51.8 Å². The molecule has 1 heterocycles. The zero-order valence-electron chi connectivity index (χ0n) is 15.1. The molecular weight excluding hydrogens is 352 g/mol. The fraction of sp³-hybridized carbons (Fsp3) is 0.350. The molecule has 2 aromatic rings. The maximum Gasteiger partial charge on any atom is 0.279 e. The van der Waals surface area contributed by atoms with Crippen molar-refractivity contribution < 1.29 is 28.1 Å². The molecule has 3 rings (SSSR count). The predicted octanol–water partition coefficient (Wildman–Crippen LogP) is -0.234. The van der Waals surface area contributed by atoms with E-state index in [1.165, 1.54) is 34.1 Å². The zero-order chi connectivity index (χ0) is 19.1. The molecule has 1 amide bonds. The third-order valence-corrected chi connectivity index (χ3v) is 4.74. The normalized spacial score (nSPS) is 19.5. The van der Waals surface area contributed by atoms with Crippen LogP contribution in [0.15, 0.2) is 48.5 Å². The van der Waals surface area contributed by atoms with Crippen LogP contribution in [-0.2, 0) is 4.79 Å². The first kappa shape index (κ1) is 19.3. The number of amides is 1. The summed E-state index contributed by atoms with van der Waals surface area (Å²) in [6, 6.07) is 11.8. The van der Waals surface area contributed by atoms with Crippen LogP contribution in [0.1, 0.15) is 0 Å². The van der Waals surface area contributed by atoms with Crippen LogP contribution >= 0.6 is 0 Å². The molecule has 3 N–H and O–H groups in total. The molecule has 144 valence electrons. The number of nitrogens with one attached hydrogen (secondary N) is 3. The van der Waals surface area contributed by atoms with E-state index in [4.69, 9.17) is 4.74 Å². The van der Waals surface area contributed by atoms with Crippen LogP contribution in [0.25, 0.3) is 0 Å². The summed E-state index contributed by atoms with van der Waals surface area (Å²) in [6.45, 7) is 5.67. The Morgan fingerprint density at radius 2 is 1.44 bits per heavy atom. The fourth-order valence-electron chi connectivity index (χ4n) is 3.19. The first-order chi connectivity index (χ1) is 13.1. The Bertz CT molecular complexity index is 730. The smallest absolute Gasteiger partial charge is 0.279 e. The summed E-state index contributed by atoms with van der Waals surface area (Å²) in [6.07, 6.45) is 0. The van der Waals surface area contributed by atoms with Gasteiger partial charge in [0.05, 0.1) is 0 Å². The first-order valence-electron chi connectivity index (χ1n) is 9.19. The lowest BCUT2D eigenvalue weighted by atomic mass is 10.3. The highest BCUT2D eigenvalue weighted by Crippen LogP contribution is 2.10. The molecule has 0 aliphatic carbocycles. The number of carbonyl (C=O) groups is 1. The molecule has 1 aliphatic rings. The molecule has 0 atom stereocenters. The van der Waals surface area contributed by atoms with Crippen molar-refractivity contribution in [2.24, 2.45) is 0 Å². The number of anilines is 1. The molecule has 1 aliphatic heterocycles. The van der Waals surface area contributed by atoms with Gasteiger partial charge in [-0.05, 0) is 48.5 Å². The van der Waals surface area contributed by atoms with Crippen molar-refractivity contribution in [2.45, 2.75) is 0 Å². The molecule has 0 bridgehead atoms. The molecule has 0 unspecified atom stereocenters. The van der Waals surface area contributed by atoms with Crippen LogP contribution < -0.4 is 19.9 Å². The minimum Gasteiger partial charge on any atom is -0.488 e. The summed E-state index contributed by atoms with van der Waals surface area (Å²) in [4.78, 5) is 14.8. The monoisotopic (exact) mass is 377 g/mol. The van der Waals surface area contributed by atoms with Crippen molar-refractivity contribution in [1.29, 1.82) is 0 Å². The summed E-state index contributed by atoms with van der Waals surface area (Å²) < 4.78 is 31.4. The minimum atomic E-state index is -0.318. The highest BCUT2D eigenvalue weighted by Gasteiger charge is 2.24. The van der Waals surface area contributed by atoms with E-state index >= 15 is 0 Å². The van der Waals surface area contributed by atoms with Crippen molar-refractivity contribution >= 4 is 11.6 Å². The predicted molar refractivity (Wildman–Crippen MR) is 98.1 cm³/mol. The van der Waals surface area contributed by atoms with E-state index in [1.807, 2.05) is 0 Å². The van der Waals surface area contributed by atoms with Crippen molar-refractivity contribution in [2.75, 3.05) is 51.2 Å². The van der Waals surface area contributed by atoms with Gasteiger partial charge in [-0.1, -0.05) is 0 Å². The van der Waals surface area contributed by atoms with E-state index in [1.54, 1.807) is 24.3 Å². The van der Waals surface area contributed by atoms with Gasteiger partial charge in [-0.3, -0.25) is 4.79 Å². The van der Waals surface area contributed by atoms with Gasteiger partial charge >= 0.3 is 0 Å². The molecule has 0 radical (unpaired) electrons. The molecule has 5 nitrogen and oxygen atoms in total. The van der Waals surface area contributed by atoms with Gasteiger partial charge in [-0.2, -0.15) is 0 Å². The Hall–Kier alpha value is -2.51. The van der Waals surface area contributed by atoms with E-state index < -0.39 is 0 Å². The van der Waals surface area contributed by atoms with E-state index in [0.29, 0.717) is 24.6 Å². The maximum atomic E-state index is 12.9. The van der Waals surface area contributed by atoms with Crippen LogP contribution in [0.2, 0.25) is 0 Å². The lowest BCUT2D eigenvalue weighted by Gasteiger charge is -2.29. The van der Waals surface area contributed by atoms with Crippen molar-refractivity contribution in [3.63, 3.8) is 0 Å². The van der Waals surface area contributed by atoms with Crippen molar-refractivity contribution in [3.05, 3.63) is 60.2 Å². The summed E-state index contributed by atoms with van der Waals surface area (Å²) in [7, 11) is 0. The molecular formula is C20H25F2N3O2+2. The van der Waals surface area contributed by atoms with Crippen LogP contribution in [0, 0.1) is 11.6 Å². The van der Waals surface area contributed by atoms with E-state index in [2.05, 4.69) is 5.32 Å². The number of carbonyl (C=O) groups excluding carboxylic acids is 1. The first-order valence-corrected chi connectivity index (χ1v) is 9.19. The van der Waals surface area contributed by atoms with Gasteiger partial charge in [-0.15, -0.1) is 0 Å². The molecule has 1 fully saturated rings. The highest BCUT2D eigenvalue weighted by molar-refractivity contribution is 5.91. The Kier molecular flexibility index (Phi) is 6.73. The molecule has 0 aromatic heterocycles. The molecule has 27 heavy (non-hydrogen) atoms. The van der Waals surface area contributed by atoms with Crippen molar-refractivity contribution in [1.82, 2.24) is 0 Å². The molecule has 2 aromatic carbocycles. The average molecular weight is 377 g/mol. The molecule has 0 spiro atoms. The molecule has 0 saturated carbocycles. The number of hydrogen-bond donors (Lipinski definition) is 3. The fourth-order valence-corrected chi connectivity index (χ4v) is 3.19. The average Bonchev–Trinajstić information content (AvgIpc) is 2.67. The third-order valence-electron chi connectivity index (χ3n) is 4.74. The van der Waals surface area contributed by atoms with Gasteiger partial charge in [0, 0.05) is 5.69 Å². The van der Waals surface area contributed by atoms with Crippen molar-refractivity contribution in [3.8, 4) is 5.75 Å². The Balaban J connectivity index is 1.33. The lowest BCUT2D eigenvalue weighted by molar-refractivity contribution is -1.01. The second-order valence-electron chi connectivity index (χ2n) is 6.78.